The van der Waals surface area contributed by atoms with Crippen LogP contribution in [0, 0.1) is 0 Å². The summed E-state index contributed by atoms with van der Waals surface area (Å²) < 4.78 is 41.6. The van der Waals surface area contributed by atoms with Gasteiger partial charge in [0.05, 0.1) is 22.0 Å². The number of thioether (sulfide) groups is 1. The van der Waals surface area contributed by atoms with E-state index in [1.54, 1.807) is 6.07 Å². The van der Waals surface area contributed by atoms with Crippen molar-refractivity contribution in [2.75, 3.05) is 11.1 Å². The normalized spacial score (nSPS) is 14.6. The van der Waals surface area contributed by atoms with Crippen LogP contribution in [0.3, 0.4) is 0 Å². The van der Waals surface area contributed by atoms with E-state index < -0.39 is 17.6 Å². The maximum Gasteiger partial charge on any atom is 0.418 e. The number of carbonyl (C=O) groups excluding carboxylic acids is 1. The van der Waals surface area contributed by atoms with E-state index in [0.29, 0.717) is 16.0 Å². The third-order valence-corrected chi connectivity index (χ3v) is 6.58. The van der Waals surface area contributed by atoms with Gasteiger partial charge in [-0.25, -0.2) is 0 Å². The Kier molecular flexibility index (Phi) is 6.76. The molecule has 1 aromatic heterocycles. The SMILES string of the molecule is O=C(CSc1nnc(-c2ccccc2Cl)n1C1CCCC1)Nc1ccccc1C(F)(F)F. The molecule has 1 amide bonds. The van der Waals surface area contributed by atoms with Gasteiger partial charge in [0, 0.05) is 11.6 Å². The van der Waals surface area contributed by atoms with Gasteiger partial charge in [-0.05, 0) is 37.1 Å². The summed E-state index contributed by atoms with van der Waals surface area (Å²) in [6.07, 6.45) is -0.445. The van der Waals surface area contributed by atoms with Crippen LogP contribution in [0.5, 0.6) is 0 Å². The smallest absolute Gasteiger partial charge is 0.325 e. The Hall–Kier alpha value is -2.52. The van der Waals surface area contributed by atoms with Gasteiger partial charge in [-0.1, -0.05) is 60.5 Å². The molecule has 32 heavy (non-hydrogen) atoms. The van der Waals surface area contributed by atoms with E-state index in [4.69, 9.17) is 11.6 Å². The topological polar surface area (TPSA) is 59.8 Å². The fourth-order valence-corrected chi connectivity index (χ4v) is 4.87. The van der Waals surface area contributed by atoms with Crippen molar-refractivity contribution >= 4 is 35.0 Å². The summed E-state index contributed by atoms with van der Waals surface area (Å²) in [5.74, 6) is -0.0145. The third-order valence-electron chi connectivity index (χ3n) is 5.31. The number of para-hydroxylation sites is 1. The van der Waals surface area contributed by atoms with Crippen LogP contribution >= 0.6 is 23.4 Å². The van der Waals surface area contributed by atoms with Gasteiger partial charge >= 0.3 is 6.18 Å². The van der Waals surface area contributed by atoms with Gasteiger partial charge in [0.15, 0.2) is 11.0 Å². The van der Waals surface area contributed by atoms with Crippen molar-refractivity contribution in [2.45, 2.75) is 43.1 Å². The molecule has 0 unspecified atom stereocenters. The molecule has 0 bridgehead atoms. The summed E-state index contributed by atoms with van der Waals surface area (Å²) in [5, 5.41) is 12.1. The molecule has 0 spiro atoms. The van der Waals surface area contributed by atoms with Crippen LogP contribution in [0.4, 0.5) is 18.9 Å². The minimum atomic E-state index is -4.55. The lowest BCUT2D eigenvalue weighted by Crippen LogP contribution is -2.18. The predicted octanol–water partition coefficient (Wildman–Crippen LogP) is 6.46. The van der Waals surface area contributed by atoms with Crippen molar-refractivity contribution in [1.29, 1.82) is 0 Å². The number of aromatic nitrogens is 3. The first-order valence-electron chi connectivity index (χ1n) is 10.1. The number of hydrogen-bond donors (Lipinski definition) is 1. The Morgan fingerprint density at radius 2 is 1.78 bits per heavy atom. The van der Waals surface area contributed by atoms with E-state index in [1.165, 1.54) is 18.2 Å². The molecule has 1 saturated carbocycles. The van der Waals surface area contributed by atoms with Gasteiger partial charge in [-0.2, -0.15) is 13.2 Å². The fourth-order valence-electron chi connectivity index (χ4n) is 3.85. The minimum absolute atomic E-state index is 0.0977. The maximum atomic E-state index is 13.2. The molecule has 0 atom stereocenters. The molecule has 0 radical (unpaired) electrons. The number of rotatable bonds is 6. The van der Waals surface area contributed by atoms with Gasteiger partial charge in [-0.3, -0.25) is 9.36 Å². The van der Waals surface area contributed by atoms with Crippen LogP contribution in [0.1, 0.15) is 37.3 Å². The highest BCUT2D eigenvalue weighted by atomic mass is 35.5. The molecule has 1 heterocycles. The maximum absolute atomic E-state index is 13.2. The Morgan fingerprint density at radius 1 is 1.09 bits per heavy atom. The highest BCUT2D eigenvalue weighted by Gasteiger charge is 2.33. The second kappa shape index (κ2) is 9.54. The second-order valence-corrected chi connectivity index (χ2v) is 8.82. The summed E-state index contributed by atoms with van der Waals surface area (Å²) in [6, 6.07) is 12.5. The van der Waals surface area contributed by atoms with E-state index in [-0.39, 0.29) is 17.5 Å². The van der Waals surface area contributed by atoms with Crippen molar-refractivity contribution in [3.8, 4) is 11.4 Å². The fraction of sp³-hybridized carbons (Fsp3) is 0.318. The number of nitrogens with one attached hydrogen (secondary N) is 1. The van der Waals surface area contributed by atoms with Crippen LogP contribution in [0.15, 0.2) is 53.7 Å². The zero-order valence-corrected chi connectivity index (χ0v) is 18.5. The van der Waals surface area contributed by atoms with Gasteiger partial charge in [0.25, 0.3) is 0 Å². The Labute approximate surface area is 192 Å². The van der Waals surface area contributed by atoms with E-state index in [2.05, 4.69) is 15.5 Å². The zero-order valence-electron chi connectivity index (χ0n) is 16.9. The Bertz CT molecular complexity index is 1110. The Morgan fingerprint density at radius 3 is 2.50 bits per heavy atom. The minimum Gasteiger partial charge on any atom is -0.325 e. The first-order chi connectivity index (χ1) is 15.3. The van der Waals surface area contributed by atoms with E-state index >= 15 is 0 Å². The number of carbonyl (C=O) groups is 1. The lowest BCUT2D eigenvalue weighted by atomic mass is 10.1. The molecular weight excluding hydrogens is 461 g/mol. The average molecular weight is 481 g/mol. The molecule has 5 nitrogen and oxygen atoms in total. The van der Waals surface area contributed by atoms with Crippen LogP contribution in [-0.2, 0) is 11.0 Å². The molecule has 1 aliphatic rings. The van der Waals surface area contributed by atoms with Crippen molar-refractivity contribution in [1.82, 2.24) is 14.8 Å². The summed E-state index contributed by atoms with van der Waals surface area (Å²) in [5.41, 5.74) is -0.392. The van der Waals surface area contributed by atoms with Crippen LogP contribution in [0.2, 0.25) is 5.02 Å². The van der Waals surface area contributed by atoms with Crippen molar-refractivity contribution in [3.63, 3.8) is 0 Å². The predicted molar refractivity (Wildman–Crippen MR) is 119 cm³/mol. The van der Waals surface area contributed by atoms with Crippen molar-refractivity contribution in [2.24, 2.45) is 0 Å². The number of nitrogens with zero attached hydrogens (tertiary/aromatic N) is 3. The first-order valence-corrected chi connectivity index (χ1v) is 11.5. The molecule has 3 aromatic rings. The Balaban J connectivity index is 1.54. The molecule has 1 fully saturated rings. The number of halogens is 4. The van der Waals surface area contributed by atoms with Crippen molar-refractivity contribution in [3.05, 3.63) is 59.1 Å². The molecule has 0 saturated heterocycles. The molecule has 4 rings (SSSR count). The quantitative estimate of drug-likeness (QED) is 0.411. The molecule has 2 aromatic carbocycles. The molecule has 1 aliphatic carbocycles. The number of alkyl halides is 3. The summed E-state index contributed by atoms with van der Waals surface area (Å²) in [6.45, 7) is 0. The van der Waals surface area contributed by atoms with E-state index in [9.17, 15) is 18.0 Å². The summed E-state index contributed by atoms with van der Waals surface area (Å²) in [4.78, 5) is 12.5. The third kappa shape index (κ3) is 4.94. The number of amides is 1. The van der Waals surface area contributed by atoms with Gasteiger partial charge in [0.2, 0.25) is 5.91 Å². The molecule has 168 valence electrons. The zero-order chi connectivity index (χ0) is 22.7. The molecular formula is C22H20ClF3N4OS. The molecule has 1 N–H and O–H groups in total. The van der Waals surface area contributed by atoms with Crippen molar-refractivity contribution < 1.29 is 18.0 Å². The highest BCUT2D eigenvalue weighted by Crippen LogP contribution is 2.38. The standard InChI is InChI=1S/C22H20ClF3N4OS/c23-17-11-5-3-9-15(17)20-28-29-21(30(20)14-7-1-2-8-14)32-13-19(31)27-18-12-6-4-10-16(18)22(24,25)26/h3-6,9-12,14H,1-2,7-8,13H2,(H,27,31). The second-order valence-electron chi connectivity index (χ2n) is 7.47. The first kappa shape index (κ1) is 22.7. The molecule has 0 aliphatic heterocycles. The number of anilines is 1. The highest BCUT2D eigenvalue weighted by molar-refractivity contribution is 7.99. The van der Waals surface area contributed by atoms with E-state index in [0.717, 1.165) is 49.1 Å². The summed E-state index contributed by atoms with van der Waals surface area (Å²) in [7, 11) is 0. The van der Waals surface area contributed by atoms with Crippen LogP contribution in [0.25, 0.3) is 11.4 Å². The van der Waals surface area contributed by atoms with Crippen LogP contribution in [-0.4, -0.2) is 26.4 Å². The van der Waals surface area contributed by atoms with E-state index in [1.807, 2.05) is 22.8 Å². The summed E-state index contributed by atoms with van der Waals surface area (Å²) >= 11 is 7.52. The largest absolute Gasteiger partial charge is 0.418 e. The monoisotopic (exact) mass is 480 g/mol. The number of benzene rings is 2. The lowest BCUT2D eigenvalue weighted by molar-refractivity contribution is -0.137. The van der Waals surface area contributed by atoms with Gasteiger partial charge in [-0.15, -0.1) is 10.2 Å². The lowest BCUT2D eigenvalue weighted by Gasteiger charge is -2.17. The van der Waals surface area contributed by atoms with Gasteiger partial charge < -0.3 is 5.32 Å². The van der Waals surface area contributed by atoms with Crippen LogP contribution < -0.4 is 5.32 Å². The number of hydrogen-bond acceptors (Lipinski definition) is 4. The average Bonchev–Trinajstić information content (AvgIpc) is 3.42. The van der Waals surface area contributed by atoms with Gasteiger partial charge in [0.1, 0.15) is 0 Å². The molecule has 10 heteroatoms.